The summed E-state index contributed by atoms with van der Waals surface area (Å²) in [6.07, 6.45) is 4.77. The molecule has 2 atom stereocenters. The van der Waals surface area contributed by atoms with Gasteiger partial charge in [0.05, 0.1) is 29.6 Å². The minimum Gasteiger partial charge on any atom is -0.370 e. The lowest BCUT2D eigenvalue weighted by molar-refractivity contribution is -0.136. The summed E-state index contributed by atoms with van der Waals surface area (Å²) in [4.78, 5) is 21.3. The van der Waals surface area contributed by atoms with Crippen molar-refractivity contribution < 1.29 is 9.53 Å². The number of nitriles is 1. The van der Waals surface area contributed by atoms with E-state index in [-0.39, 0.29) is 23.5 Å². The van der Waals surface area contributed by atoms with E-state index < -0.39 is 0 Å². The van der Waals surface area contributed by atoms with Crippen molar-refractivity contribution in [1.29, 1.82) is 5.26 Å². The molecule has 2 saturated heterocycles. The number of anilines is 1. The highest BCUT2D eigenvalue weighted by Gasteiger charge is 2.49. The first-order chi connectivity index (χ1) is 17.3. The van der Waals surface area contributed by atoms with Gasteiger partial charge in [-0.2, -0.15) is 10.4 Å². The third-order valence-electron chi connectivity index (χ3n) is 8.09. The molecule has 0 bridgehead atoms. The molecule has 184 valence electrons. The van der Waals surface area contributed by atoms with Crippen LogP contribution in [0.2, 0.25) is 0 Å². The smallest absolute Gasteiger partial charge is 0.245 e. The number of likely N-dealkylation sites (tertiary alicyclic amines) is 1. The molecule has 1 amide bonds. The Labute approximate surface area is 210 Å². The molecule has 5 heterocycles. The van der Waals surface area contributed by atoms with Crippen molar-refractivity contribution in [2.24, 2.45) is 5.41 Å². The lowest BCUT2D eigenvalue weighted by atomic mass is 9.79. The van der Waals surface area contributed by atoms with E-state index in [9.17, 15) is 10.1 Å². The number of hydrogen-bond acceptors (Lipinski definition) is 6. The zero-order valence-electron chi connectivity index (χ0n) is 21.0. The summed E-state index contributed by atoms with van der Waals surface area (Å²) in [7, 11) is 0. The van der Waals surface area contributed by atoms with Gasteiger partial charge < -0.3 is 14.5 Å². The normalized spacial score (nSPS) is 22.4. The van der Waals surface area contributed by atoms with E-state index in [1.54, 1.807) is 0 Å². The van der Waals surface area contributed by atoms with Gasteiger partial charge in [0.1, 0.15) is 17.5 Å². The first-order valence-corrected chi connectivity index (χ1v) is 12.6. The molecule has 36 heavy (non-hydrogen) atoms. The largest absolute Gasteiger partial charge is 0.370 e. The predicted octanol–water partition coefficient (Wildman–Crippen LogP) is 4.05. The molecule has 2 fully saturated rings. The van der Waals surface area contributed by atoms with Crippen LogP contribution in [0, 0.1) is 23.7 Å². The SMILES string of the molecule is C=CC(=O)N1CC2(CCN(c3nc4c(c(-c5c(C)ccc6[nH]ncc56)c3C#N)[C@H](C)O[C@H](C)C4)C2)C1. The van der Waals surface area contributed by atoms with Crippen molar-refractivity contribution in [3.8, 4) is 17.2 Å². The Bertz CT molecular complexity index is 1440. The number of aromatic nitrogens is 3. The van der Waals surface area contributed by atoms with E-state index in [0.29, 0.717) is 12.0 Å². The van der Waals surface area contributed by atoms with Crippen molar-refractivity contribution >= 4 is 22.6 Å². The van der Waals surface area contributed by atoms with Gasteiger partial charge in [-0.1, -0.05) is 12.6 Å². The topological polar surface area (TPSA) is 98.1 Å². The van der Waals surface area contributed by atoms with Crippen LogP contribution in [-0.4, -0.2) is 58.3 Å². The number of nitrogens with zero attached hydrogens (tertiary/aromatic N) is 5. The number of H-pyrrole nitrogens is 1. The Kier molecular flexibility index (Phi) is 5.16. The van der Waals surface area contributed by atoms with Gasteiger partial charge in [0.2, 0.25) is 5.91 Å². The van der Waals surface area contributed by atoms with Crippen molar-refractivity contribution in [3.05, 3.63) is 53.4 Å². The van der Waals surface area contributed by atoms with E-state index in [1.165, 1.54) is 6.08 Å². The van der Waals surface area contributed by atoms with Crippen LogP contribution in [-0.2, 0) is 16.0 Å². The van der Waals surface area contributed by atoms with E-state index in [4.69, 9.17) is 9.72 Å². The number of benzene rings is 1. The van der Waals surface area contributed by atoms with E-state index in [2.05, 4.69) is 54.6 Å². The number of hydrogen-bond donors (Lipinski definition) is 1. The van der Waals surface area contributed by atoms with Gasteiger partial charge in [0.25, 0.3) is 0 Å². The zero-order valence-corrected chi connectivity index (χ0v) is 21.0. The molecule has 1 spiro atoms. The average molecular weight is 483 g/mol. The van der Waals surface area contributed by atoms with E-state index in [1.807, 2.05) is 17.2 Å². The average Bonchev–Trinajstić information content (AvgIpc) is 3.49. The Morgan fingerprint density at radius 1 is 1.31 bits per heavy atom. The van der Waals surface area contributed by atoms with Gasteiger partial charge >= 0.3 is 0 Å². The van der Waals surface area contributed by atoms with Gasteiger partial charge in [-0.05, 0) is 50.5 Å². The number of nitrogens with one attached hydrogen (secondary N) is 1. The third kappa shape index (κ3) is 3.34. The second-order valence-electron chi connectivity index (χ2n) is 10.6. The van der Waals surface area contributed by atoms with Gasteiger partial charge in [-0.25, -0.2) is 4.98 Å². The van der Waals surface area contributed by atoms with Gasteiger partial charge in [-0.15, -0.1) is 0 Å². The first-order valence-electron chi connectivity index (χ1n) is 12.6. The molecule has 8 nitrogen and oxygen atoms in total. The molecule has 3 aliphatic rings. The van der Waals surface area contributed by atoms with Crippen LogP contribution in [0.1, 0.15) is 48.8 Å². The highest BCUT2D eigenvalue weighted by Crippen LogP contribution is 2.47. The molecule has 0 unspecified atom stereocenters. The molecule has 1 aromatic carbocycles. The van der Waals surface area contributed by atoms with Crippen LogP contribution in [0.15, 0.2) is 31.0 Å². The second kappa shape index (κ2) is 8.17. The van der Waals surface area contributed by atoms with Crippen molar-refractivity contribution in [1.82, 2.24) is 20.1 Å². The molecule has 6 rings (SSSR count). The van der Waals surface area contributed by atoms with Crippen LogP contribution in [0.4, 0.5) is 5.82 Å². The van der Waals surface area contributed by atoms with Crippen molar-refractivity contribution in [2.75, 3.05) is 31.1 Å². The molecule has 0 saturated carbocycles. The fourth-order valence-corrected chi connectivity index (χ4v) is 6.44. The lowest BCUT2D eigenvalue weighted by Crippen LogP contribution is -2.59. The molecule has 1 N–H and O–H groups in total. The minimum atomic E-state index is -0.177. The number of aryl methyl sites for hydroxylation is 1. The quantitative estimate of drug-likeness (QED) is 0.566. The lowest BCUT2D eigenvalue weighted by Gasteiger charge is -2.47. The number of carbonyl (C=O) groups excluding carboxylic acids is 1. The number of pyridine rings is 1. The fraction of sp³-hybridized carbons (Fsp3) is 0.429. The summed E-state index contributed by atoms with van der Waals surface area (Å²) >= 11 is 0. The Morgan fingerprint density at radius 2 is 2.11 bits per heavy atom. The number of aromatic amines is 1. The molecule has 8 heteroatoms. The zero-order chi connectivity index (χ0) is 25.2. The highest BCUT2D eigenvalue weighted by atomic mass is 16.5. The Hall–Kier alpha value is -3.70. The summed E-state index contributed by atoms with van der Waals surface area (Å²) in [5.74, 6) is 0.732. The summed E-state index contributed by atoms with van der Waals surface area (Å²) in [5, 5.41) is 18.9. The summed E-state index contributed by atoms with van der Waals surface area (Å²) in [6.45, 7) is 12.9. The maximum atomic E-state index is 12.0. The Balaban J connectivity index is 1.51. The highest BCUT2D eigenvalue weighted by molar-refractivity contribution is 5.99. The molecular weight excluding hydrogens is 452 g/mol. The Morgan fingerprint density at radius 3 is 2.86 bits per heavy atom. The monoisotopic (exact) mass is 482 g/mol. The number of carbonyl (C=O) groups is 1. The molecule has 2 aromatic heterocycles. The second-order valence-corrected chi connectivity index (χ2v) is 10.6. The molecule has 0 radical (unpaired) electrons. The number of fused-ring (bicyclic) bond motifs is 2. The summed E-state index contributed by atoms with van der Waals surface area (Å²) in [5.41, 5.74) is 6.60. The summed E-state index contributed by atoms with van der Waals surface area (Å²) < 4.78 is 6.25. The fourth-order valence-electron chi connectivity index (χ4n) is 6.44. The van der Waals surface area contributed by atoms with Crippen LogP contribution in [0.5, 0.6) is 0 Å². The van der Waals surface area contributed by atoms with Crippen LogP contribution in [0.25, 0.3) is 22.0 Å². The minimum absolute atomic E-state index is 0.0161. The predicted molar refractivity (Wildman–Crippen MR) is 137 cm³/mol. The first kappa shape index (κ1) is 22.7. The summed E-state index contributed by atoms with van der Waals surface area (Å²) in [6, 6.07) is 6.64. The molecule has 3 aromatic rings. The standard InChI is InChI=1S/C28H30N6O2/c1-5-23(35)34-14-28(15-34)8-9-33(13-28)27-19(11-29)26(25-18(4)36-17(3)10-22(25)31-27)24-16(2)6-7-21-20(24)12-30-32-21/h5-7,12,17-18H,1,8-10,13-15H2,2-4H3,(H,30,32)/t17-,18+/m1/s1. The van der Waals surface area contributed by atoms with Crippen LogP contribution < -0.4 is 4.90 Å². The van der Waals surface area contributed by atoms with Crippen molar-refractivity contribution in [2.45, 2.75) is 45.8 Å². The number of rotatable bonds is 3. The number of amides is 1. The molecule has 3 aliphatic heterocycles. The van der Waals surface area contributed by atoms with Gasteiger partial charge in [-0.3, -0.25) is 9.89 Å². The maximum absolute atomic E-state index is 12.0. The van der Waals surface area contributed by atoms with Gasteiger partial charge in [0.15, 0.2) is 0 Å². The molecular formula is C28H30N6O2. The van der Waals surface area contributed by atoms with Gasteiger partial charge in [0, 0.05) is 54.5 Å². The number of ether oxygens (including phenoxy) is 1. The van der Waals surface area contributed by atoms with Crippen LogP contribution in [0.3, 0.4) is 0 Å². The third-order valence-corrected chi connectivity index (χ3v) is 8.09. The molecule has 0 aliphatic carbocycles. The van der Waals surface area contributed by atoms with Crippen LogP contribution >= 0.6 is 0 Å². The maximum Gasteiger partial charge on any atom is 0.245 e. The van der Waals surface area contributed by atoms with E-state index in [0.717, 1.165) is 77.3 Å². The van der Waals surface area contributed by atoms with E-state index >= 15 is 0 Å². The van der Waals surface area contributed by atoms with Crippen molar-refractivity contribution in [3.63, 3.8) is 0 Å².